The van der Waals surface area contributed by atoms with E-state index in [1.807, 2.05) is 0 Å². The third-order valence-corrected chi connectivity index (χ3v) is 4.91. The summed E-state index contributed by atoms with van der Waals surface area (Å²) in [5.41, 5.74) is 0. The third kappa shape index (κ3) is 4.10. The van der Waals surface area contributed by atoms with Crippen molar-refractivity contribution in [3.05, 3.63) is 11.1 Å². The molecular formula is C15H26BrN. The first-order chi connectivity index (χ1) is 8.27. The second-order valence-electron chi connectivity index (χ2n) is 5.85. The highest BCUT2D eigenvalue weighted by Gasteiger charge is 2.31. The largest absolute Gasteiger partial charge is 0.309 e. The lowest BCUT2D eigenvalue weighted by Crippen LogP contribution is -2.42. The summed E-state index contributed by atoms with van der Waals surface area (Å²) in [6.45, 7) is 4.87. The van der Waals surface area contributed by atoms with Crippen LogP contribution in [0.15, 0.2) is 11.1 Å². The van der Waals surface area contributed by atoms with Crippen molar-refractivity contribution in [2.24, 2.45) is 11.8 Å². The molecule has 2 aliphatic carbocycles. The molecule has 2 saturated carbocycles. The molecule has 0 heterocycles. The molecule has 0 radical (unpaired) electrons. The van der Waals surface area contributed by atoms with Crippen molar-refractivity contribution in [2.45, 2.75) is 63.8 Å². The second-order valence-corrected chi connectivity index (χ2v) is 6.97. The Bertz CT molecular complexity index is 245. The Morgan fingerprint density at radius 2 is 1.65 bits per heavy atom. The van der Waals surface area contributed by atoms with Crippen LogP contribution in [0.2, 0.25) is 0 Å². The van der Waals surface area contributed by atoms with E-state index in [2.05, 4.69) is 27.8 Å². The zero-order valence-electron chi connectivity index (χ0n) is 10.9. The molecule has 2 rings (SSSR count). The van der Waals surface area contributed by atoms with Crippen LogP contribution < -0.4 is 5.32 Å². The number of nitrogens with one attached hydrogen (secondary N) is 1. The monoisotopic (exact) mass is 299 g/mol. The smallest absolute Gasteiger partial charge is 0.0268 e. The highest BCUT2D eigenvalue weighted by Crippen LogP contribution is 2.38. The number of rotatable bonds is 4. The van der Waals surface area contributed by atoms with Crippen molar-refractivity contribution in [3.63, 3.8) is 0 Å². The molecule has 0 aromatic heterocycles. The summed E-state index contributed by atoms with van der Waals surface area (Å²) < 4.78 is 1.09. The first-order valence-corrected chi connectivity index (χ1v) is 8.13. The van der Waals surface area contributed by atoms with Gasteiger partial charge in [0.25, 0.3) is 0 Å². The molecule has 2 aliphatic rings. The second kappa shape index (κ2) is 6.94. The van der Waals surface area contributed by atoms with Gasteiger partial charge in [0, 0.05) is 17.1 Å². The molecule has 2 atom stereocenters. The Labute approximate surface area is 115 Å². The lowest BCUT2D eigenvalue weighted by Gasteiger charge is -2.39. The predicted molar refractivity (Wildman–Crippen MR) is 78.4 cm³/mol. The Morgan fingerprint density at radius 1 is 1.00 bits per heavy atom. The van der Waals surface area contributed by atoms with Crippen molar-refractivity contribution in [1.82, 2.24) is 5.32 Å². The molecule has 1 N–H and O–H groups in total. The summed E-state index contributed by atoms with van der Waals surface area (Å²) in [4.78, 5) is 0. The molecule has 0 aromatic carbocycles. The van der Waals surface area contributed by atoms with Gasteiger partial charge in [-0.05, 0) is 24.7 Å². The highest BCUT2D eigenvalue weighted by molar-refractivity contribution is 9.11. The van der Waals surface area contributed by atoms with Crippen molar-refractivity contribution >= 4 is 15.9 Å². The zero-order valence-corrected chi connectivity index (χ0v) is 12.5. The maximum absolute atomic E-state index is 3.93. The summed E-state index contributed by atoms with van der Waals surface area (Å²) in [7, 11) is 0. The molecule has 0 amide bonds. The molecule has 2 heteroatoms. The fraction of sp³-hybridized carbons (Fsp3) is 0.867. The number of hydrogen-bond acceptors (Lipinski definition) is 1. The first-order valence-electron chi connectivity index (χ1n) is 7.34. The van der Waals surface area contributed by atoms with E-state index in [9.17, 15) is 0 Å². The maximum Gasteiger partial charge on any atom is 0.0268 e. The number of halogens is 1. The Morgan fingerprint density at radius 3 is 2.35 bits per heavy atom. The van der Waals surface area contributed by atoms with E-state index in [1.54, 1.807) is 0 Å². The highest BCUT2D eigenvalue weighted by atomic mass is 79.9. The SMILES string of the molecule is C=C(Br)CNC1CCCCC1C1CCCCC1. The van der Waals surface area contributed by atoms with Gasteiger partial charge in [-0.2, -0.15) is 0 Å². The molecule has 0 saturated heterocycles. The molecular weight excluding hydrogens is 274 g/mol. The van der Waals surface area contributed by atoms with Gasteiger partial charge < -0.3 is 5.32 Å². The van der Waals surface area contributed by atoms with Crippen molar-refractivity contribution < 1.29 is 0 Å². The molecule has 0 aliphatic heterocycles. The standard InChI is InChI=1S/C15H26BrN/c1-12(16)11-17-15-10-6-5-9-14(15)13-7-3-2-4-8-13/h13-15,17H,1-11H2. The van der Waals surface area contributed by atoms with Gasteiger partial charge in [0.05, 0.1) is 0 Å². The van der Waals surface area contributed by atoms with E-state index >= 15 is 0 Å². The lowest BCUT2D eigenvalue weighted by atomic mass is 9.71. The fourth-order valence-electron chi connectivity index (χ4n) is 3.78. The van der Waals surface area contributed by atoms with Gasteiger partial charge >= 0.3 is 0 Å². The zero-order chi connectivity index (χ0) is 12.1. The molecule has 1 nitrogen and oxygen atoms in total. The average Bonchev–Trinajstić information content (AvgIpc) is 2.38. The quantitative estimate of drug-likeness (QED) is 0.798. The van der Waals surface area contributed by atoms with E-state index in [-0.39, 0.29) is 0 Å². The van der Waals surface area contributed by atoms with Crippen LogP contribution in [0, 0.1) is 11.8 Å². The van der Waals surface area contributed by atoms with E-state index in [0.717, 1.165) is 28.9 Å². The minimum absolute atomic E-state index is 0.751. The predicted octanol–water partition coefficient (Wildman–Crippen LogP) is 4.62. The van der Waals surface area contributed by atoms with Gasteiger partial charge in [0.1, 0.15) is 0 Å². The summed E-state index contributed by atoms with van der Waals surface area (Å²) in [6.07, 6.45) is 13.1. The van der Waals surface area contributed by atoms with Gasteiger partial charge in [0.15, 0.2) is 0 Å². The minimum atomic E-state index is 0.751. The van der Waals surface area contributed by atoms with Gasteiger partial charge in [-0.3, -0.25) is 0 Å². The summed E-state index contributed by atoms with van der Waals surface area (Å²) >= 11 is 3.46. The van der Waals surface area contributed by atoms with Crippen molar-refractivity contribution in [2.75, 3.05) is 6.54 Å². The van der Waals surface area contributed by atoms with Gasteiger partial charge in [-0.15, -0.1) is 0 Å². The van der Waals surface area contributed by atoms with Crippen LogP contribution >= 0.6 is 15.9 Å². The fourth-order valence-corrected chi connectivity index (χ4v) is 3.94. The molecule has 0 spiro atoms. The van der Waals surface area contributed by atoms with Crippen LogP contribution in [-0.2, 0) is 0 Å². The normalized spacial score (nSPS) is 31.4. The van der Waals surface area contributed by atoms with E-state index < -0.39 is 0 Å². The molecule has 17 heavy (non-hydrogen) atoms. The van der Waals surface area contributed by atoms with Crippen LogP contribution in [0.4, 0.5) is 0 Å². The summed E-state index contributed by atoms with van der Waals surface area (Å²) in [5, 5.41) is 3.72. The van der Waals surface area contributed by atoms with E-state index in [0.29, 0.717) is 0 Å². The van der Waals surface area contributed by atoms with Gasteiger partial charge in [0.2, 0.25) is 0 Å². The Hall–Kier alpha value is 0.180. The van der Waals surface area contributed by atoms with Crippen molar-refractivity contribution in [3.8, 4) is 0 Å². The van der Waals surface area contributed by atoms with Crippen molar-refractivity contribution in [1.29, 1.82) is 0 Å². The molecule has 0 aromatic rings. The first kappa shape index (κ1) is 13.6. The molecule has 98 valence electrons. The van der Waals surface area contributed by atoms with Gasteiger partial charge in [-0.1, -0.05) is 67.5 Å². The van der Waals surface area contributed by atoms with Crippen LogP contribution in [0.1, 0.15) is 57.8 Å². The third-order valence-electron chi connectivity index (χ3n) is 4.63. The molecule has 2 fully saturated rings. The summed E-state index contributed by atoms with van der Waals surface area (Å²) in [6, 6.07) is 0.751. The van der Waals surface area contributed by atoms with E-state index in [1.165, 1.54) is 57.8 Å². The molecule has 2 unspecified atom stereocenters. The summed E-state index contributed by atoms with van der Waals surface area (Å²) in [5.74, 6) is 1.95. The topological polar surface area (TPSA) is 12.0 Å². The van der Waals surface area contributed by atoms with Crippen LogP contribution in [0.25, 0.3) is 0 Å². The van der Waals surface area contributed by atoms with Crippen LogP contribution in [0.5, 0.6) is 0 Å². The Balaban J connectivity index is 1.88. The van der Waals surface area contributed by atoms with Gasteiger partial charge in [-0.25, -0.2) is 0 Å². The lowest BCUT2D eigenvalue weighted by molar-refractivity contribution is 0.152. The average molecular weight is 300 g/mol. The molecule has 0 bridgehead atoms. The van der Waals surface area contributed by atoms with E-state index in [4.69, 9.17) is 0 Å². The van der Waals surface area contributed by atoms with Crippen LogP contribution in [-0.4, -0.2) is 12.6 Å². The maximum atomic E-state index is 3.93. The Kier molecular flexibility index (Phi) is 5.55. The number of hydrogen-bond donors (Lipinski definition) is 1. The minimum Gasteiger partial charge on any atom is -0.309 e. The van der Waals surface area contributed by atoms with Crippen LogP contribution in [0.3, 0.4) is 0 Å².